The van der Waals surface area contributed by atoms with E-state index >= 15 is 0 Å². The van der Waals surface area contributed by atoms with Gasteiger partial charge in [0.25, 0.3) is 0 Å². The standard InChI is InChI=1S/C21H32N4O2.2ClH/c1-2-23-12-14-24(15-13-23)19(26)16-17-8-10-25(11-9-17)21(27)20(22)18-6-4-3-5-7-18;;/h3-7,17,20H,2,8-16,22H2,1H3;2*1H. The number of piperazine rings is 1. The molecule has 2 amide bonds. The fraction of sp³-hybridized carbons (Fsp3) is 0.619. The second-order valence-electron chi connectivity index (χ2n) is 7.68. The van der Waals surface area contributed by atoms with Crippen molar-refractivity contribution >= 4 is 36.6 Å². The van der Waals surface area contributed by atoms with Crippen molar-refractivity contribution in [3.05, 3.63) is 35.9 Å². The van der Waals surface area contributed by atoms with Crippen molar-refractivity contribution in [2.75, 3.05) is 45.8 Å². The number of nitrogens with zero attached hydrogens (tertiary/aromatic N) is 3. The lowest BCUT2D eigenvalue weighted by molar-refractivity contribution is -0.135. The van der Waals surface area contributed by atoms with Gasteiger partial charge < -0.3 is 20.4 Å². The summed E-state index contributed by atoms with van der Waals surface area (Å²) in [5.41, 5.74) is 7.00. The molecule has 8 heteroatoms. The molecule has 0 saturated carbocycles. The third kappa shape index (κ3) is 6.85. The van der Waals surface area contributed by atoms with Gasteiger partial charge in [0.05, 0.1) is 0 Å². The molecular weight excluding hydrogens is 411 g/mol. The molecule has 29 heavy (non-hydrogen) atoms. The first-order valence-electron chi connectivity index (χ1n) is 10.2. The van der Waals surface area contributed by atoms with E-state index in [4.69, 9.17) is 5.73 Å². The molecule has 1 atom stereocenters. The molecule has 1 aromatic rings. The average molecular weight is 445 g/mol. The maximum Gasteiger partial charge on any atom is 0.244 e. The topological polar surface area (TPSA) is 69.9 Å². The van der Waals surface area contributed by atoms with E-state index in [9.17, 15) is 9.59 Å². The van der Waals surface area contributed by atoms with Crippen LogP contribution < -0.4 is 5.73 Å². The van der Waals surface area contributed by atoms with Crippen molar-refractivity contribution in [2.45, 2.75) is 32.2 Å². The van der Waals surface area contributed by atoms with Gasteiger partial charge in [-0.15, -0.1) is 24.8 Å². The number of piperidine rings is 1. The highest BCUT2D eigenvalue weighted by Crippen LogP contribution is 2.24. The van der Waals surface area contributed by atoms with Crippen LogP contribution in [0.4, 0.5) is 0 Å². The Balaban J connectivity index is 0.00000210. The normalized spacial score (nSPS) is 19.1. The minimum atomic E-state index is -0.598. The molecule has 1 unspecified atom stereocenters. The van der Waals surface area contributed by atoms with Crippen LogP contribution in [0.1, 0.15) is 37.8 Å². The second-order valence-corrected chi connectivity index (χ2v) is 7.68. The molecule has 2 heterocycles. The van der Waals surface area contributed by atoms with Crippen molar-refractivity contribution in [2.24, 2.45) is 11.7 Å². The zero-order valence-corrected chi connectivity index (χ0v) is 18.8. The lowest BCUT2D eigenvalue weighted by atomic mass is 9.92. The van der Waals surface area contributed by atoms with Gasteiger partial charge in [-0.25, -0.2) is 0 Å². The number of halogens is 2. The van der Waals surface area contributed by atoms with Crippen molar-refractivity contribution in [3.8, 4) is 0 Å². The highest BCUT2D eigenvalue weighted by atomic mass is 35.5. The predicted octanol–water partition coefficient (Wildman–Crippen LogP) is 2.32. The van der Waals surface area contributed by atoms with Gasteiger partial charge in [-0.05, 0) is 30.9 Å². The summed E-state index contributed by atoms with van der Waals surface area (Å²) in [6, 6.07) is 8.92. The summed E-state index contributed by atoms with van der Waals surface area (Å²) in [4.78, 5) is 31.5. The Morgan fingerprint density at radius 1 is 0.966 bits per heavy atom. The molecule has 0 aromatic heterocycles. The number of rotatable bonds is 5. The van der Waals surface area contributed by atoms with Crippen molar-refractivity contribution in [3.63, 3.8) is 0 Å². The Labute approximate surface area is 186 Å². The van der Waals surface area contributed by atoms with Gasteiger partial charge in [0, 0.05) is 45.7 Å². The van der Waals surface area contributed by atoms with Crippen LogP contribution in [0.25, 0.3) is 0 Å². The molecular formula is C21H34Cl2N4O2. The molecule has 164 valence electrons. The number of hydrogen-bond acceptors (Lipinski definition) is 4. The summed E-state index contributed by atoms with van der Waals surface area (Å²) in [5.74, 6) is 0.636. The number of benzene rings is 1. The molecule has 0 bridgehead atoms. The minimum absolute atomic E-state index is 0. The van der Waals surface area contributed by atoms with Crippen LogP contribution in [-0.2, 0) is 9.59 Å². The average Bonchev–Trinajstić information content (AvgIpc) is 2.74. The summed E-state index contributed by atoms with van der Waals surface area (Å²) in [5, 5.41) is 0. The molecule has 3 rings (SSSR count). The summed E-state index contributed by atoms with van der Waals surface area (Å²) in [7, 11) is 0. The maximum absolute atomic E-state index is 12.7. The van der Waals surface area contributed by atoms with E-state index in [2.05, 4.69) is 11.8 Å². The number of carbonyl (C=O) groups is 2. The van der Waals surface area contributed by atoms with E-state index in [0.717, 1.165) is 51.1 Å². The second kappa shape index (κ2) is 12.4. The predicted molar refractivity (Wildman–Crippen MR) is 120 cm³/mol. The van der Waals surface area contributed by atoms with Gasteiger partial charge in [0.1, 0.15) is 6.04 Å². The van der Waals surface area contributed by atoms with E-state index in [0.29, 0.717) is 25.4 Å². The fourth-order valence-electron chi connectivity index (χ4n) is 4.05. The Morgan fingerprint density at radius 3 is 2.10 bits per heavy atom. The quantitative estimate of drug-likeness (QED) is 0.756. The zero-order chi connectivity index (χ0) is 19.2. The molecule has 1 aromatic carbocycles. The minimum Gasteiger partial charge on any atom is -0.341 e. The molecule has 2 aliphatic heterocycles. The lowest BCUT2D eigenvalue weighted by Crippen LogP contribution is -2.49. The number of nitrogens with two attached hydrogens (primary N) is 1. The third-order valence-electron chi connectivity index (χ3n) is 5.99. The van der Waals surface area contributed by atoms with Crippen molar-refractivity contribution in [1.29, 1.82) is 0 Å². The number of amides is 2. The lowest BCUT2D eigenvalue weighted by Gasteiger charge is -2.36. The van der Waals surface area contributed by atoms with Crippen molar-refractivity contribution < 1.29 is 9.59 Å². The van der Waals surface area contributed by atoms with Gasteiger partial charge in [0.2, 0.25) is 11.8 Å². The molecule has 0 aliphatic carbocycles. The zero-order valence-electron chi connectivity index (χ0n) is 17.2. The largest absolute Gasteiger partial charge is 0.341 e. The number of likely N-dealkylation sites (tertiary alicyclic amines) is 1. The van der Waals surface area contributed by atoms with Gasteiger partial charge in [0.15, 0.2) is 0 Å². The van der Waals surface area contributed by atoms with E-state index in [1.807, 2.05) is 40.1 Å². The van der Waals surface area contributed by atoms with Gasteiger partial charge >= 0.3 is 0 Å². The van der Waals surface area contributed by atoms with E-state index in [1.165, 1.54) is 0 Å². The van der Waals surface area contributed by atoms with Crippen LogP contribution in [0, 0.1) is 5.92 Å². The Kier molecular flexibility index (Phi) is 11.0. The van der Waals surface area contributed by atoms with Crippen LogP contribution in [0.5, 0.6) is 0 Å². The molecule has 0 spiro atoms. The van der Waals surface area contributed by atoms with Crippen molar-refractivity contribution in [1.82, 2.24) is 14.7 Å². The van der Waals surface area contributed by atoms with Crippen LogP contribution in [0.3, 0.4) is 0 Å². The maximum atomic E-state index is 12.7. The highest BCUT2D eigenvalue weighted by Gasteiger charge is 2.29. The van der Waals surface area contributed by atoms with Crippen LogP contribution in [0.2, 0.25) is 0 Å². The molecule has 6 nitrogen and oxygen atoms in total. The fourth-order valence-corrected chi connectivity index (χ4v) is 4.05. The highest BCUT2D eigenvalue weighted by molar-refractivity contribution is 5.85. The Morgan fingerprint density at radius 2 is 1.55 bits per heavy atom. The van der Waals surface area contributed by atoms with Crippen LogP contribution in [0.15, 0.2) is 30.3 Å². The van der Waals surface area contributed by atoms with E-state index in [-0.39, 0.29) is 36.6 Å². The number of likely N-dealkylation sites (N-methyl/N-ethyl adjacent to an activating group) is 1. The summed E-state index contributed by atoms with van der Waals surface area (Å²) in [6.45, 7) is 8.25. The molecule has 0 radical (unpaired) electrons. The monoisotopic (exact) mass is 444 g/mol. The molecule has 2 aliphatic rings. The number of carbonyl (C=O) groups excluding carboxylic acids is 2. The third-order valence-corrected chi connectivity index (χ3v) is 5.99. The van der Waals surface area contributed by atoms with Crippen LogP contribution >= 0.6 is 24.8 Å². The SMILES string of the molecule is CCN1CCN(C(=O)CC2CCN(C(=O)C(N)c3ccccc3)CC2)CC1.Cl.Cl. The molecule has 2 saturated heterocycles. The van der Waals surface area contributed by atoms with E-state index in [1.54, 1.807) is 0 Å². The first-order chi connectivity index (χ1) is 13.1. The van der Waals surface area contributed by atoms with Gasteiger partial charge in [-0.3, -0.25) is 9.59 Å². The Hall–Kier alpha value is -1.34. The summed E-state index contributed by atoms with van der Waals surface area (Å²) >= 11 is 0. The molecule has 2 N–H and O–H groups in total. The smallest absolute Gasteiger partial charge is 0.244 e. The Bertz CT molecular complexity index is 631. The summed E-state index contributed by atoms with van der Waals surface area (Å²) in [6.07, 6.45) is 2.38. The first-order valence-corrected chi connectivity index (χ1v) is 10.2. The summed E-state index contributed by atoms with van der Waals surface area (Å²) < 4.78 is 0. The molecule has 2 fully saturated rings. The van der Waals surface area contributed by atoms with Gasteiger partial charge in [-0.1, -0.05) is 37.3 Å². The first kappa shape index (κ1) is 25.7. The van der Waals surface area contributed by atoms with E-state index < -0.39 is 6.04 Å². The number of hydrogen-bond donors (Lipinski definition) is 1. The van der Waals surface area contributed by atoms with Gasteiger partial charge in [-0.2, -0.15) is 0 Å². The van der Waals surface area contributed by atoms with Crippen LogP contribution in [-0.4, -0.2) is 72.3 Å².